The van der Waals surface area contributed by atoms with Gasteiger partial charge in [-0.2, -0.15) is 0 Å². The molecule has 0 spiro atoms. The van der Waals surface area contributed by atoms with Gasteiger partial charge < -0.3 is 11.1 Å². The standard InChI is InChI=1S/C10H8Cl2N4/c11-6-2-1-3-7(12)10(6)16-9-4-8(13)14-5-15-9/h1-5H,(H3,13,14,15,16). The predicted octanol–water partition coefficient (Wildman–Crippen LogP) is 3.11. The van der Waals surface area contributed by atoms with E-state index in [1.165, 1.54) is 6.33 Å². The Morgan fingerprint density at radius 1 is 1.12 bits per heavy atom. The van der Waals surface area contributed by atoms with Crippen molar-refractivity contribution in [3.63, 3.8) is 0 Å². The lowest BCUT2D eigenvalue weighted by atomic mass is 10.3. The number of nitrogens with two attached hydrogens (primary N) is 1. The van der Waals surface area contributed by atoms with Gasteiger partial charge in [0.1, 0.15) is 18.0 Å². The van der Waals surface area contributed by atoms with Crippen LogP contribution in [0.1, 0.15) is 0 Å². The van der Waals surface area contributed by atoms with Gasteiger partial charge in [0.25, 0.3) is 0 Å². The molecule has 0 fully saturated rings. The van der Waals surface area contributed by atoms with E-state index >= 15 is 0 Å². The predicted molar refractivity (Wildman–Crippen MR) is 66.2 cm³/mol. The van der Waals surface area contributed by atoms with Crippen LogP contribution in [-0.4, -0.2) is 9.97 Å². The molecule has 2 rings (SSSR count). The molecular formula is C10H8Cl2N4. The number of aromatic nitrogens is 2. The summed E-state index contributed by atoms with van der Waals surface area (Å²) < 4.78 is 0. The summed E-state index contributed by atoms with van der Waals surface area (Å²) in [5.74, 6) is 0.920. The molecule has 0 atom stereocenters. The molecule has 0 radical (unpaired) electrons. The monoisotopic (exact) mass is 254 g/mol. The van der Waals surface area contributed by atoms with Crippen molar-refractivity contribution in [1.82, 2.24) is 9.97 Å². The van der Waals surface area contributed by atoms with Crippen LogP contribution in [0.4, 0.5) is 17.3 Å². The fraction of sp³-hybridized carbons (Fsp3) is 0. The number of para-hydroxylation sites is 1. The molecule has 0 aliphatic heterocycles. The van der Waals surface area contributed by atoms with Gasteiger partial charge in [-0.3, -0.25) is 0 Å². The topological polar surface area (TPSA) is 63.8 Å². The van der Waals surface area contributed by atoms with Crippen LogP contribution in [-0.2, 0) is 0 Å². The number of rotatable bonds is 2. The lowest BCUT2D eigenvalue weighted by Crippen LogP contribution is -1.98. The van der Waals surface area contributed by atoms with Crippen molar-refractivity contribution in [3.8, 4) is 0 Å². The second-order valence-electron chi connectivity index (χ2n) is 3.05. The van der Waals surface area contributed by atoms with Crippen molar-refractivity contribution >= 4 is 40.5 Å². The van der Waals surface area contributed by atoms with Crippen molar-refractivity contribution in [2.75, 3.05) is 11.1 Å². The number of halogens is 2. The number of anilines is 3. The second-order valence-corrected chi connectivity index (χ2v) is 3.86. The van der Waals surface area contributed by atoms with E-state index < -0.39 is 0 Å². The van der Waals surface area contributed by atoms with Gasteiger partial charge >= 0.3 is 0 Å². The van der Waals surface area contributed by atoms with Gasteiger partial charge in [-0.25, -0.2) is 9.97 Å². The Hall–Kier alpha value is -1.52. The number of hydrogen-bond acceptors (Lipinski definition) is 4. The van der Waals surface area contributed by atoms with Crippen LogP contribution in [0, 0.1) is 0 Å². The molecule has 0 amide bonds. The third-order valence-electron chi connectivity index (χ3n) is 1.90. The zero-order valence-corrected chi connectivity index (χ0v) is 9.63. The summed E-state index contributed by atoms with van der Waals surface area (Å²) in [6, 6.07) is 6.84. The minimum atomic E-state index is 0.376. The van der Waals surface area contributed by atoms with Gasteiger partial charge in [0.05, 0.1) is 15.7 Å². The zero-order chi connectivity index (χ0) is 11.5. The highest BCUT2D eigenvalue weighted by Crippen LogP contribution is 2.31. The molecule has 16 heavy (non-hydrogen) atoms. The summed E-state index contributed by atoms with van der Waals surface area (Å²) in [5, 5.41) is 4.02. The number of benzene rings is 1. The average molecular weight is 255 g/mol. The lowest BCUT2D eigenvalue weighted by molar-refractivity contribution is 1.18. The molecule has 1 aromatic carbocycles. The molecule has 2 aromatic rings. The van der Waals surface area contributed by atoms with Crippen LogP contribution in [0.3, 0.4) is 0 Å². The fourth-order valence-corrected chi connectivity index (χ4v) is 1.68. The van der Waals surface area contributed by atoms with Gasteiger partial charge in [0, 0.05) is 6.07 Å². The quantitative estimate of drug-likeness (QED) is 0.865. The summed E-state index contributed by atoms with van der Waals surface area (Å²) in [4.78, 5) is 7.78. The van der Waals surface area contributed by atoms with Gasteiger partial charge in [-0.1, -0.05) is 29.3 Å². The Morgan fingerprint density at radius 2 is 1.81 bits per heavy atom. The van der Waals surface area contributed by atoms with Crippen LogP contribution in [0.5, 0.6) is 0 Å². The number of nitrogens with one attached hydrogen (secondary N) is 1. The van der Waals surface area contributed by atoms with E-state index in [9.17, 15) is 0 Å². The average Bonchev–Trinajstić information content (AvgIpc) is 2.24. The molecule has 1 heterocycles. The summed E-state index contributed by atoms with van der Waals surface area (Å²) in [7, 11) is 0. The number of nitrogen functional groups attached to an aromatic ring is 1. The minimum Gasteiger partial charge on any atom is -0.384 e. The highest BCUT2D eigenvalue weighted by molar-refractivity contribution is 6.39. The van der Waals surface area contributed by atoms with Crippen molar-refractivity contribution in [1.29, 1.82) is 0 Å². The molecule has 0 bridgehead atoms. The maximum absolute atomic E-state index is 6.00. The Morgan fingerprint density at radius 3 is 2.44 bits per heavy atom. The molecule has 0 aliphatic carbocycles. The van der Waals surface area contributed by atoms with Crippen molar-refractivity contribution in [2.24, 2.45) is 0 Å². The molecule has 82 valence electrons. The zero-order valence-electron chi connectivity index (χ0n) is 8.11. The highest BCUT2D eigenvalue weighted by Gasteiger charge is 2.06. The molecule has 1 aromatic heterocycles. The Balaban J connectivity index is 2.34. The van der Waals surface area contributed by atoms with Crippen molar-refractivity contribution in [2.45, 2.75) is 0 Å². The third kappa shape index (κ3) is 2.35. The van der Waals surface area contributed by atoms with Crippen LogP contribution in [0.2, 0.25) is 10.0 Å². The lowest BCUT2D eigenvalue weighted by Gasteiger charge is -2.09. The van der Waals surface area contributed by atoms with Gasteiger partial charge in [-0.15, -0.1) is 0 Å². The first kappa shape index (κ1) is 11.0. The summed E-state index contributed by atoms with van der Waals surface area (Å²) >= 11 is 12.0. The largest absolute Gasteiger partial charge is 0.384 e. The molecule has 3 N–H and O–H groups in total. The van der Waals surface area contributed by atoms with E-state index in [1.807, 2.05) is 0 Å². The van der Waals surface area contributed by atoms with E-state index in [4.69, 9.17) is 28.9 Å². The van der Waals surface area contributed by atoms with Gasteiger partial charge in [0.2, 0.25) is 0 Å². The molecule has 0 unspecified atom stereocenters. The first-order valence-corrected chi connectivity index (χ1v) is 5.21. The highest BCUT2D eigenvalue weighted by atomic mass is 35.5. The van der Waals surface area contributed by atoms with E-state index in [2.05, 4.69) is 15.3 Å². The summed E-state index contributed by atoms with van der Waals surface area (Å²) in [6.07, 6.45) is 1.36. The van der Waals surface area contributed by atoms with Gasteiger partial charge in [-0.05, 0) is 12.1 Å². The summed E-state index contributed by atoms with van der Waals surface area (Å²) in [5.41, 5.74) is 6.13. The first-order valence-electron chi connectivity index (χ1n) is 4.45. The normalized spacial score (nSPS) is 10.1. The SMILES string of the molecule is Nc1cc(Nc2c(Cl)cccc2Cl)ncn1. The Kier molecular flexibility index (Phi) is 3.12. The second kappa shape index (κ2) is 4.55. The molecule has 0 saturated carbocycles. The summed E-state index contributed by atoms with van der Waals surface area (Å²) in [6.45, 7) is 0. The Bertz CT molecular complexity index is 496. The molecule has 0 saturated heterocycles. The Labute approximate surface area is 102 Å². The maximum Gasteiger partial charge on any atom is 0.135 e. The van der Waals surface area contributed by atoms with E-state index in [0.717, 1.165) is 0 Å². The maximum atomic E-state index is 6.00. The molecule has 4 nitrogen and oxygen atoms in total. The number of hydrogen-bond donors (Lipinski definition) is 2. The van der Waals surface area contributed by atoms with Crippen LogP contribution in [0.25, 0.3) is 0 Å². The molecule has 0 aliphatic rings. The van der Waals surface area contributed by atoms with Gasteiger partial charge in [0.15, 0.2) is 0 Å². The van der Waals surface area contributed by atoms with E-state index in [1.54, 1.807) is 24.3 Å². The smallest absolute Gasteiger partial charge is 0.135 e. The molecular weight excluding hydrogens is 247 g/mol. The first-order chi connectivity index (χ1) is 7.66. The minimum absolute atomic E-state index is 0.376. The number of nitrogens with zero attached hydrogens (tertiary/aromatic N) is 2. The van der Waals surface area contributed by atoms with Crippen molar-refractivity contribution in [3.05, 3.63) is 40.6 Å². The van der Waals surface area contributed by atoms with E-state index in [-0.39, 0.29) is 0 Å². The van der Waals surface area contributed by atoms with Crippen molar-refractivity contribution < 1.29 is 0 Å². The van der Waals surface area contributed by atoms with E-state index in [0.29, 0.717) is 27.4 Å². The van der Waals surface area contributed by atoms with Crippen LogP contribution >= 0.6 is 23.2 Å². The van der Waals surface area contributed by atoms with Crippen LogP contribution in [0.15, 0.2) is 30.6 Å². The van der Waals surface area contributed by atoms with Crippen LogP contribution < -0.4 is 11.1 Å². The molecule has 6 heteroatoms. The third-order valence-corrected chi connectivity index (χ3v) is 2.53. The fourth-order valence-electron chi connectivity index (χ4n) is 1.19.